The van der Waals surface area contributed by atoms with E-state index in [4.69, 9.17) is 17.8 Å². The van der Waals surface area contributed by atoms with Gasteiger partial charge in [-0.05, 0) is 38.1 Å². The molecule has 39 heavy (non-hydrogen) atoms. The van der Waals surface area contributed by atoms with Crippen LogP contribution in [0.1, 0.15) is 11.1 Å². The van der Waals surface area contributed by atoms with Gasteiger partial charge in [0.25, 0.3) is 20.2 Å². The Labute approximate surface area is 232 Å². The summed E-state index contributed by atoms with van der Waals surface area (Å²) in [6.45, 7) is 9.46. The molecule has 0 spiro atoms. The topological polar surface area (TPSA) is 141 Å². The molecule has 0 atom stereocenters. The van der Waals surface area contributed by atoms with Crippen LogP contribution < -0.4 is 16.0 Å². The van der Waals surface area contributed by atoms with Gasteiger partial charge < -0.3 is 25.4 Å². The highest BCUT2D eigenvalue weighted by molar-refractivity contribution is 7.87. The zero-order chi connectivity index (χ0) is 28.4. The van der Waals surface area contributed by atoms with Crippen molar-refractivity contribution < 1.29 is 34.7 Å². The molecule has 0 saturated carbocycles. The van der Waals surface area contributed by atoms with Crippen LogP contribution in [0.4, 0.5) is 0 Å². The van der Waals surface area contributed by atoms with Gasteiger partial charge in [-0.2, -0.15) is 16.8 Å². The van der Waals surface area contributed by atoms with E-state index in [9.17, 15) is 16.8 Å². The second-order valence-corrected chi connectivity index (χ2v) is 11.9. The summed E-state index contributed by atoms with van der Waals surface area (Å²) in [4.78, 5) is 0.279. The Morgan fingerprint density at radius 2 is 0.821 bits per heavy atom. The Morgan fingerprint density at radius 3 is 1.18 bits per heavy atom. The second kappa shape index (κ2) is 18.4. The molecule has 11 nitrogen and oxygen atoms in total. The van der Waals surface area contributed by atoms with Crippen molar-refractivity contribution >= 4 is 20.2 Å². The van der Waals surface area contributed by atoms with Gasteiger partial charge in [-0.1, -0.05) is 35.4 Å². The van der Waals surface area contributed by atoms with E-state index in [0.29, 0.717) is 26.3 Å². The zero-order valence-electron chi connectivity index (χ0n) is 22.7. The lowest BCUT2D eigenvalue weighted by molar-refractivity contribution is 0.104. The van der Waals surface area contributed by atoms with Crippen LogP contribution in [0.15, 0.2) is 58.3 Å². The Morgan fingerprint density at radius 1 is 0.487 bits per heavy atom. The quantitative estimate of drug-likeness (QED) is 0.135. The summed E-state index contributed by atoms with van der Waals surface area (Å²) in [5.74, 6) is 0. The van der Waals surface area contributed by atoms with Crippen LogP contribution in [0.5, 0.6) is 0 Å². The van der Waals surface area contributed by atoms with Crippen molar-refractivity contribution in [1.29, 1.82) is 0 Å². The smallest absolute Gasteiger partial charge is 0.297 e. The van der Waals surface area contributed by atoms with Gasteiger partial charge in [0.2, 0.25) is 0 Å². The largest absolute Gasteiger partial charge is 0.378 e. The van der Waals surface area contributed by atoms with Gasteiger partial charge >= 0.3 is 0 Å². The van der Waals surface area contributed by atoms with Crippen LogP contribution in [0.2, 0.25) is 0 Å². The first-order valence-electron chi connectivity index (χ1n) is 12.9. The van der Waals surface area contributed by atoms with Gasteiger partial charge in [0.05, 0.1) is 49.4 Å². The van der Waals surface area contributed by atoms with Gasteiger partial charge in [0.15, 0.2) is 0 Å². The van der Waals surface area contributed by atoms with E-state index in [-0.39, 0.29) is 36.2 Å². The highest BCUT2D eigenvalue weighted by atomic mass is 32.2. The molecule has 0 unspecified atom stereocenters. The van der Waals surface area contributed by atoms with Gasteiger partial charge in [-0.3, -0.25) is 8.37 Å². The van der Waals surface area contributed by atoms with E-state index in [2.05, 4.69) is 16.0 Å². The lowest BCUT2D eigenvalue weighted by Crippen LogP contribution is -2.34. The fourth-order valence-electron chi connectivity index (χ4n) is 3.17. The van der Waals surface area contributed by atoms with Crippen molar-refractivity contribution in [2.45, 2.75) is 23.6 Å². The fourth-order valence-corrected chi connectivity index (χ4v) is 4.96. The zero-order valence-corrected chi connectivity index (χ0v) is 24.3. The van der Waals surface area contributed by atoms with Crippen molar-refractivity contribution in [1.82, 2.24) is 16.0 Å². The van der Waals surface area contributed by atoms with Crippen LogP contribution in [-0.2, 0) is 38.1 Å². The van der Waals surface area contributed by atoms with E-state index >= 15 is 0 Å². The highest BCUT2D eigenvalue weighted by Crippen LogP contribution is 2.13. The molecule has 0 aromatic heterocycles. The first kappa shape index (κ1) is 33.3. The van der Waals surface area contributed by atoms with E-state index < -0.39 is 20.2 Å². The monoisotopic (exact) mass is 587 g/mol. The highest BCUT2D eigenvalue weighted by Gasteiger charge is 2.15. The summed E-state index contributed by atoms with van der Waals surface area (Å²) in [5.41, 5.74) is 1.96. The average Bonchev–Trinajstić information content (AvgIpc) is 2.90. The molecule has 220 valence electrons. The summed E-state index contributed by atoms with van der Waals surface area (Å²) in [7, 11) is -7.51. The third kappa shape index (κ3) is 14.3. The molecule has 2 aromatic carbocycles. The number of nitrogens with one attached hydrogen (secondary N) is 3. The van der Waals surface area contributed by atoms with Crippen LogP contribution in [0.3, 0.4) is 0 Å². The first-order valence-corrected chi connectivity index (χ1v) is 15.7. The maximum Gasteiger partial charge on any atom is 0.297 e. The van der Waals surface area contributed by atoms with E-state index in [0.717, 1.165) is 37.3 Å². The van der Waals surface area contributed by atoms with Gasteiger partial charge in [0.1, 0.15) is 0 Å². The summed E-state index contributed by atoms with van der Waals surface area (Å²) in [5, 5.41) is 9.77. The van der Waals surface area contributed by atoms with Crippen LogP contribution >= 0.6 is 0 Å². The van der Waals surface area contributed by atoms with Crippen molar-refractivity contribution in [3.05, 3.63) is 59.7 Å². The van der Waals surface area contributed by atoms with Gasteiger partial charge in [-0.15, -0.1) is 0 Å². The lowest BCUT2D eigenvalue weighted by atomic mass is 10.2. The summed E-state index contributed by atoms with van der Waals surface area (Å²) < 4.78 is 69.0. The van der Waals surface area contributed by atoms with E-state index in [1.807, 2.05) is 13.8 Å². The molecule has 3 N–H and O–H groups in total. The number of hydrogen-bond acceptors (Lipinski definition) is 11. The van der Waals surface area contributed by atoms with Crippen LogP contribution in [-0.4, -0.2) is 95.7 Å². The van der Waals surface area contributed by atoms with Crippen LogP contribution in [0.25, 0.3) is 0 Å². The third-order valence-electron chi connectivity index (χ3n) is 5.36. The molecule has 0 bridgehead atoms. The van der Waals surface area contributed by atoms with E-state index in [1.165, 1.54) is 24.3 Å². The first-order chi connectivity index (χ1) is 18.7. The molecule has 0 radical (unpaired) electrons. The minimum atomic E-state index is -3.75. The van der Waals surface area contributed by atoms with Crippen LogP contribution in [0, 0.1) is 13.8 Å². The summed E-state index contributed by atoms with van der Waals surface area (Å²) >= 11 is 0. The van der Waals surface area contributed by atoms with Crippen molar-refractivity contribution in [2.24, 2.45) is 0 Å². The maximum absolute atomic E-state index is 12.1. The molecule has 13 heteroatoms. The molecule has 2 rings (SSSR count). The number of rotatable bonds is 22. The molecule has 2 aromatic rings. The Bertz CT molecular complexity index is 1050. The van der Waals surface area contributed by atoms with Gasteiger partial charge in [0, 0.05) is 39.3 Å². The maximum atomic E-state index is 12.1. The number of benzene rings is 2. The van der Waals surface area contributed by atoms with Crippen molar-refractivity contribution in [3.63, 3.8) is 0 Å². The fraction of sp³-hybridized carbons (Fsp3) is 0.538. The molecule has 0 aliphatic rings. The Kier molecular flexibility index (Phi) is 15.7. The number of hydrogen-bond donors (Lipinski definition) is 3. The molecule has 0 aliphatic heterocycles. The number of aryl methyl sites for hydroxylation is 2. The predicted octanol–water partition coefficient (Wildman–Crippen LogP) is 1.22. The predicted molar refractivity (Wildman–Crippen MR) is 149 cm³/mol. The molecule has 0 saturated heterocycles. The SMILES string of the molecule is Cc1ccc(S(=O)(=O)OCCOCCNCCNCCNCCOCCOS(=O)(=O)c2ccc(C)cc2)cc1. The minimum absolute atomic E-state index is 0.0283. The summed E-state index contributed by atoms with van der Waals surface area (Å²) in [6, 6.07) is 13.0. The Hall–Kier alpha value is -1.94. The molecule has 0 aliphatic carbocycles. The van der Waals surface area contributed by atoms with Gasteiger partial charge in [-0.25, -0.2) is 0 Å². The van der Waals surface area contributed by atoms with E-state index in [1.54, 1.807) is 24.3 Å². The standard InChI is InChI=1S/C26H41N3O8S2/c1-23-3-7-25(8-4-23)38(30,31)36-21-19-34-17-15-28-13-11-27-12-14-29-16-18-35-20-22-37-39(32,33)26-9-5-24(2)6-10-26/h3-10,27-29H,11-22H2,1-2H3. The number of ether oxygens (including phenoxy) is 2. The molecule has 0 fully saturated rings. The minimum Gasteiger partial charge on any atom is -0.378 e. The van der Waals surface area contributed by atoms with Crippen molar-refractivity contribution in [2.75, 3.05) is 78.9 Å². The molecule has 0 amide bonds. The molecular weight excluding hydrogens is 546 g/mol. The molecule has 0 heterocycles. The lowest BCUT2D eigenvalue weighted by Gasteiger charge is -2.09. The normalized spacial score (nSPS) is 12.2. The Balaban J connectivity index is 1.32. The average molecular weight is 588 g/mol. The van der Waals surface area contributed by atoms with Crippen molar-refractivity contribution in [3.8, 4) is 0 Å². The third-order valence-corrected chi connectivity index (χ3v) is 8.01. The molecular formula is C26H41N3O8S2. The second-order valence-electron chi connectivity index (χ2n) is 8.65. The summed E-state index contributed by atoms with van der Waals surface area (Å²) in [6.07, 6.45) is 0.